The Hall–Kier alpha value is -0.560. The molecule has 1 saturated carbocycles. The molecule has 4 atom stereocenters. The molecule has 1 unspecified atom stereocenters. The van der Waals surface area contributed by atoms with Crippen LogP contribution in [0.1, 0.15) is 40.0 Å². The predicted octanol–water partition coefficient (Wildman–Crippen LogP) is 3.53. The summed E-state index contributed by atoms with van der Waals surface area (Å²) in [5, 5.41) is 3.45. The van der Waals surface area contributed by atoms with E-state index in [4.69, 9.17) is 0 Å². The van der Waals surface area contributed by atoms with Gasteiger partial charge >= 0.3 is 0 Å². The maximum atomic E-state index is 3.45. The highest BCUT2D eigenvalue weighted by atomic mass is 14.9. The van der Waals surface area contributed by atoms with Gasteiger partial charge in [-0.3, -0.25) is 0 Å². The molecule has 0 saturated heterocycles. The molecule has 2 rings (SSSR count). The minimum atomic E-state index is 0.619. The number of rotatable bonds is 3. The zero-order chi connectivity index (χ0) is 11.7. The molecule has 1 N–H and O–H groups in total. The van der Waals surface area contributed by atoms with Crippen LogP contribution in [-0.4, -0.2) is 13.1 Å². The Bertz CT molecular complexity index is 313. The molecule has 0 radical (unpaired) electrons. The molecule has 0 aliphatic heterocycles. The van der Waals surface area contributed by atoms with Crippen LogP contribution in [0.2, 0.25) is 0 Å². The van der Waals surface area contributed by atoms with E-state index in [0.717, 1.165) is 17.8 Å². The van der Waals surface area contributed by atoms with E-state index in [-0.39, 0.29) is 0 Å². The summed E-state index contributed by atoms with van der Waals surface area (Å²) in [4.78, 5) is 0. The fraction of sp³-hybridized carbons (Fsp3) is 0.733. The van der Waals surface area contributed by atoms with Crippen molar-refractivity contribution < 1.29 is 0 Å². The first kappa shape index (κ1) is 11.9. The van der Waals surface area contributed by atoms with E-state index in [1.807, 2.05) is 0 Å². The maximum absolute atomic E-state index is 3.45. The molecule has 0 bridgehead atoms. The standard InChI is InChI=1S/C15H25N/c1-5-6-12-7-8-13-9-14(13)15(10(12)2)11(3)16-4/h5-6,11,13-16H,7-9H2,1-4H3/b6-5-/t11-,13-,14?,15+/m1/s1. The van der Waals surface area contributed by atoms with E-state index in [0.29, 0.717) is 6.04 Å². The van der Waals surface area contributed by atoms with Crippen molar-refractivity contribution in [1.29, 1.82) is 0 Å². The molecule has 0 amide bonds. The van der Waals surface area contributed by atoms with Gasteiger partial charge in [-0.1, -0.05) is 17.7 Å². The fourth-order valence-corrected chi connectivity index (χ4v) is 3.46. The third kappa shape index (κ3) is 2.10. The Kier molecular flexibility index (Phi) is 3.53. The van der Waals surface area contributed by atoms with E-state index in [1.165, 1.54) is 19.3 Å². The van der Waals surface area contributed by atoms with Crippen LogP contribution in [0, 0.1) is 17.8 Å². The molecule has 0 heterocycles. The van der Waals surface area contributed by atoms with E-state index >= 15 is 0 Å². The number of nitrogens with one attached hydrogen (secondary N) is 1. The molecule has 1 heteroatoms. The van der Waals surface area contributed by atoms with Gasteiger partial charge in [0.1, 0.15) is 0 Å². The lowest BCUT2D eigenvalue weighted by Crippen LogP contribution is -2.33. The second-order valence-corrected chi connectivity index (χ2v) is 5.51. The molecule has 2 aliphatic rings. The van der Waals surface area contributed by atoms with Crippen LogP contribution < -0.4 is 5.32 Å². The maximum Gasteiger partial charge on any atom is 0.0104 e. The number of allylic oxidation sites excluding steroid dienone is 3. The fourth-order valence-electron chi connectivity index (χ4n) is 3.46. The Morgan fingerprint density at radius 3 is 2.81 bits per heavy atom. The van der Waals surface area contributed by atoms with Crippen LogP contribution in [0.15, 0.2) is 23.3 Å². The van der Waals surface area contributed by atoms with Gasteiger partial charge in [0, 0.05) is 6.04 Å². The summed E-state index contributed by atoms with van der Waals surface area (Å²) in [6, 6.07) is 0.619. The minimum Gasteiger partial charge on any atom is -0.317 e. The normalized spacial score (nSPS) is 36.1. The summed E-state index contributed by atoms with van der Waals surface area (Å²) in [6.07, 6.45) is 8.70. The van der Waals surface area contributed by atoms with Crippen LogP contribution in [-0.2, 0) is 0 Å². The van der Waals surface area contributed by atoms with Gasteiger partial charge in [-0.2, -0.15) is 0 Å². The van der Waals surface area contributed by atoms with Crippen LogP contribution in [0.3, 0.4) is 0 Å². The third-order valence-corrected chi connectivity index (χ3v) is 4.59. The van der Waals surface area contributed by atoms with Crippen LogP contribution in [0.25, 0.3) is 0 Å². The van der Waals surface area contributed by atoms with Crippen molar-refractivity contribution in [3.8, 4) is 0 Å². The summed E-state index contributed by atoms with van der Waals surface area (Å²) >= 11 is 0. The summed E-state index contributed by atoms with van der Waals surface area (Å²) in [6.45, 7) is 6.82. The van der Waals surface area contributed by atoms with E-state index in [1.54, 1.807) is 11.1 Å². The van der Waals surface area contributed by atoms with E-state index in [2.05, 4.69) is 45.3 Å². The van der Waals surface area contributed by atoms with Crippen LogP contribution in [0.4, 0.5) is 0 Å². The van der Waals surface area contributed by atoms with Crippen molar-refractivity contribution in [2.75, 3.05) is 7.05 Å². The largest absolute Gasteiger partial charge is 0.317 e. The van der Waals surface area contributed by atoms with Crippen molar-refractivity contribution in [2.24, 2.45) is 17.8 Å². The van der Waals surface area contributed by atoms with Gasteiger partial charge < -0.3 is 5.32 Å². The second kappa shape index (κ2) is 4.75. The summed E-state index contributed by atoms with van der Waals surface area (Å²) in [7, 11) is 2.09. The number of fused-ring (bicyclic) bond motifs is 1. The Labute approximate surface area is 100 Å². The molecular weight excluding hydrogens is 194 g/mol. The number of hydrogen-bond acceptors (Lipinski definition) is 1. The van der Waals surface area contributed by atoms with Crippen molar-refractivity contribution in [3.63, 3.8) is 0 Å². The van der Waals surface area contributed by atoms with Crippen molar-refractivity contribution in [3.05, 3.63) is 23.3 Å². The first-order valence-corrected chi connectivity index (χ1v) is 6.68. The molecule has 0 aromatic rings. The molecule has 0 spiro atoms. The van der Waals surface area contributed by atoms with Gasteiger partial charge in [-0.15, -0.1) is 0 Å². The average molecular weight is 219 g/mol. The Balaban J connectivity index is 2.27. The van der Waals surface area contributed by atoms with Crippen molar-refractivity contribution in [2.45, 2.75) is 46.1 Å². The smallest absolute Gasteiger partial charge is 0.0104 e. The molecule has 0 aromatic heterocycles. The highest BCUT2D eigenvalue weighted by Crippen LogP contribution is 2.53. The van der Waals surface area contributed by atoms with Gasteiger partial charge in [0.25, 0.3) is 0 Å². The average Bonchev–Trinajstić information content (AvgIpc) is 3.03. The van der Waals surface area contributed by atoms with E-state index in [9.17, 15) is 0 Å². The van der Waals surface area contributed by atoms with E-state index < -0.39 is 0 Å². The second-order valence-electron chi connectivity index (χ2n) is 5.51. The zero-order valence-corrected chi connectivity index (χ0v) is 11.1. The van der Waals surface area contributed by atoms with Gasteiger partial charge in [0.15, 0.2) is 0 Å². The molecule has 0 aromatic carbocycles. The molecule has 1 nitrogen and oxygen atoms in total. The molecular formula is C15H25N. The topological polar surface area (TPSA) is 12.0 Å². The van der Waals surface area contributed by atoms with Crippen LogP contribution >= 0.6 is 0 Å². The molecule has 1 fully saturated rings. The van der Waals surface area contributed by atoms with Gasteiger partial charge in [0.2, 0.25) is 0 Å². The SMILES string of the molecule is C/C=C\C1=C(C)[C@@H]([C@@H](C)NC)C2C[C@H]2CC1. The van der Waals surface area contributed by atoms with Crippen molar-refractivity contribution in [1.82, 2.24) is 5.32 Å². The Morgan fingerprint density at radius 2 is 2.19 bits per heavy atom. The minimum absolute atomic E-state index is 0.619. The monoisotopic (exact) mass is 219 g/mol. The Morgan fingerprint density at radius 1 is 1.44 bits per heavy atom. The molecule has 16 heavy (non-hydrogen) atoms. The number of hydrogen-bond donors (Lipinski definition) is 1. The van der Waals surface area contributed by atoms with Gasteiger partial charge in [-0.25, -0.2) is 0 Å². The first-order chi connectivity index (χ1) is 7.69. The quantitative estimate of drug-likeness (QED) is 0.765. The first-order valence-electron chi connectivity index (χ1n) is 6.68. The summed E-state index contributed by atoms with van der Waals surface area (Å²) in [5.74, 6) is 2.74. The lowest BCUT2D eigenvalue weighted by molar-refractivity contribution is 0.389. The van der Waals surface area contributed by atoms with Gasteiger partial charge in [-0.05, 0) is 70.4 Å². The molecule has 90 valence electrons. The van der Waals surface area contributed by atoms with Crippen LogP contribution in [0.5, 0.6) is 0 Å². The predicted molar refractivity (Wildman–Crippen MR) is 70.4 cm³/mol. The summed E-state index contributed by atoms with van der Waals surface area (Å²) < 4.78 is 0. The van der Waals surface area contributed by atoms with Gasteiger partial charge in [0.05, 0.1) is 0 Å². The zero-order valence-electron chi connectivity index (χ0n) is 11.1. The van der Waals surface area contributed by atoms with Crippen molar-refractivity contribution >= 4 is 0 Å². The highest BCUT2D eigenvalue weighted by molar-refractivity contribution is 5.30. The highest BCUT2D eigenvalue weighted by Gasteiger charge is 2.46. The lowest BCUT2D eigenvalue weighted by Gasteiger charge is -2.25. The lowest BCUT2D eigenvalue weighted by atomic mass is 9.86. The third-order valence-electron chi connectivity index (χ3n) is 4.59. The molecule has 2 aliphatic carbocycles. The summed E-state index contributed by atoms with van der Waals surface area (Å²) in [5.41, 5.74) is 3.24.